The average molecular weight is 262 g/mol. The first-order valence-corrected chi connectivity index (χ1v) is 7.49. The molecule has 0 spiro atoms. The Morgan fingerprint density at radius 3 is 2.78 bits per heavy atom. The average Bonchev–Trinajstić information content (AvgIpc) is 2.97. The number of nitrogens with one attached hydrogen (secondary N) is 1. The maximum absolute atomic E-state index is 3.39. The number of aryl methyl sites for hydroxylation is 2. The van der Waals surface area contributed by atoms with Crippen LogP contribution >= 0.6 is 11.3 Å². The van der Waals surface area contributed by atoms with E-state index in [-0.39, 0.29) is 0 Å². The van der Waals surface area contributed by atoms with Crippen molar-refractivity contribution in [3.8, 4) is 0 Å². The Hall–Kier alpha value is -1.06. The van der Waals surface area contributed by atoms with Gasteiger partial charge in [-0.2, -0.15) is 11.3 Å². The molecule has 2 nitrogen and oxygen atoms in total. The minimum absolute atomic E-state index is 0.451. The third-order valence-corrected chi connectivity index (χ3v) is 4.08. The van der Waals surface area contributed by atoms with Crippen LogP contribution in [-0.2, 0) is 13.0 Å². The highest BCUT2D eigenvalue weighted by Gasteiger charge is 2.14. The summed E-state index contributed by atoms with van der Waals surface area (Å²) in [5, 5.41) is 7.77. The molecule has 0 amide bonds. The van der Waals surface area contributed by atoms with Crippen molar-refractivity contribution in [3.63, 3.8) is 0 Å². The maximum Gasteiger partial charge on any atom is 0.0355 e. The lowest BCUT2D eigenvalue weighted by Crippen LogP contribution is -2.21. The van der Waals surface area contributed by atoms with E-state index in [9.17, 15) is 0 Å². The smallest absolute Gasteiger partial charge is 0.0355 e. The van der Waals surface area contributed by atoms with Crippen LogP contribution < -0.4 is 5.32 Å². The quantitative estimate of drug-likeness (QED) is 0.840. The van der Waals surface area contributed by atoms with E-state index in [1.165, 1.54) is 11.1 Å². The zero-order valence-corrected chi connectivity index (χ0v) is 12.2. The van der Waals surface area contributed by atoms with Gasteiger partial charge in [0.2, 0.25) is 0 Å². The lowest BCUT2D eigenvalue weighted by atomic mass is 9.99. The first-order valence-electron chi connectivity index (χ1n) is 6.54. The molecule has 0 aliphatic heterocycles. The Kier molecular flexibility index (Phi) is 4.61. The number of hydrogen-bond donors (Lipinski definition) is 1. The number of aromatic nitrogens is 1. The molecule has 2 aromatic rings. The second-order valence-electron chi connectivity index (χ2n) is 5.07. The molecule has 98 valence electrons. The Morgan fingerprint density at radius 1 is 1.33 bits per heavy atom. The monoisotopic (exact) mass is 262 g/mol. The summed E-state index contributed by atoms with van der Waals surface area (Å²) in [7, 11) is 2.04. The summed E-state index contributed by atoms with van der Waals surface area (Å²) in [6.45, 7) is 5.57. The topological polar surface area (TPSA) is 17.0 Å². The predicted molar refractivity (Wildman–Crippen MR) is 79.1 cm³/mol. The molecule has 1 unspecified atom stereocenters. The Bertz CT molecular complexity index is 457. The van der Waals surface area contributed by atoms with Crippen molar-refractivity contribution in [2.75, 3.05) is 7.05 Å². The van der Waals surface area contributed by atoms with Crippen molar-refractivity contribution < 1.29 is 0 Å². The van der Waals surface area contributed by atoms with Crippen molar-refractivity contribution in [2.45, 2.75) is 32.9 Å². The molecular formula is C15H22N2S. The van der Waals surface area contributed by atoms with E-state index in [1.54, 1.807) is 11.3 Å². The van der Waals surface area contributed by atoms with Gasteiger partial charge in [-0.3, -0.25) is 0 Å². The number of thiophene rings is 1. The third-order valence-electron chi connectivity index (χ3n) is 3.35. The molecule has 2 heterocycles. The Morgan fingerprint density at radius 2 is 2.17 bits per heavy atom. The van der Waals surface area contributed by atoms with Gasteiger partial charge in [0.25, 0.3) is 0 Å². The molecule has 0 fully saturated rings. The number of hydrogen-bond acceptors (Lipinski definition) is 2. The molecular weight excluding hydrogens is 240 g/mol. The van der Waals surface area contributed by atoms with Crippen molar-refractivity contribution in [3.05, 3.63) is 46.4 Å². The van der Waals surface area contributed by atoms with Gasteiger partial charge in [-0.05, 0) is 53.4 Å². The number of rotatable bonds is 6. The molecule has 2 rings (SSSR count). The minimum atomic E-state index is 0.451. The predicted octanol–water partition coefficient (Wildman–Crippen LogP) is 3.71. The van der Waals surface area contributed by atoms with Crippen LogP contribution in [0.5, 0.6) is 0 Å². The van der Waals surface area contributed by atoms with Crippen LogP contribution in [0.2, 0.25) is 0 Å². The van der Waals surface area contributed by atoms with Gasteiger partial charge in [-0.1, -0.05) is 13.8 Å². The molecule has 0 aliphatic carbocycles. The van der Waals surface area contributed by atoms with Crippen LogP contribution in [0.15, 0.2) is 35.3 Å². The minimum Gasteiger partial charge on any atom is -0.354 e. The third kappa shape index (κ3) is 3.24. The Balaban J connectivity index is 1.97. The van der Waals surface area contributed by atoms with Crippen LogP contribution in [0.4, 0.5) is 0 Å². The molecule has 0 bridgehead atoms. The standard InChI is InChI=1S/C15H22N2S/c1-12(2)15(16-3)14-5-8-17(10-14)7-4-13-6-9-18-11-13/h5-6,8-12,15-16H,4,7H2,1-3H3. The van der Waals surface area contributed by atoms with Gasteiger partial charge < -0.3 is 9.88 Å². The second kappa shape index (κ2) is 6.21. The summed E-state index contributed by atoms with van der Waals surface area (Å²) in [5.74, 6) is 0.614. The summed E-state index contributed by atoms with van der Waals surface area (Å²) in [5.41, 5.74) is 2.82. The molecule has 3 heteroatoms. The highest BCUT2D eigenvalue weighted by molar-refractivity contribution is 7.07. The molecule has 0 saturated carbocycles. The van der Waals surface area contributed by atoms with E-state index in [2.05, 4.69) is 59.0 Å². The maximum atomic E-state index is 3.39. The van der Waals surface area contributed by atoms with E-state index in [0.29, 0.717) is 12.0 Å². The van der Waals surface area contributed by atoms with E-state index < -0.39 is 0 Å². The molecule has 18 heavy (non-hydrogen) atoms. The van der Waals surface area contributed by atoms with E-state index in [1.807, 2.05) is 7.05 Å². The van der Waals surface area contributed by atoms with Crippen LogP contribution in [0, 0.1) is 5.92 Å². The van der Waals surface area contributed by atoms with Gasteiger partial charge >= 0.3 is 0 Å². The van der Waals surface area contributed by atoms with Crippen LogP contribution in [0.1, 0.15) is 31.0 Å². The first-order chi connectivity index (χ1) is 8.70. The molecule has 0 aliphatic rings. The second-order valence-corrected chi connectivity index (χ2v) is 5.85. The molecule has 0 aromatic carbocycles. The zero-order chi connectivity index (χ0) is 13.0. The largest absolute Gasteiger partial charge is 0.354 e. The van der Waals surface area contributed by atoms with Crippen molar-refractivity contribution >= 4 is 11.3 Å². The highest BCUT2D eigenvalue weighted by atomic mass is 32.1. The Labute approximate surface area is 114 Å². The van der Waals surface area contributed by atoms with Crippen LogP contribution in [0.3, 0.4) is 0 Å². The summed E-state index contributed by atoms with van der Waals surface area (Å²) >= 11 is 1.77. The van der Waals surface area contributed by atoms with Crippen molar-refractivity contribution in [1.82, 2.24) is 9.88 Å². The fourth-order valence-electron chi connectivity index (χ4n) is 2.36. The lowest BCUT2D eigenvalue weighted by Gasteiger charge is -2.18. The fraction of sp³-hybridized carbons (Fsp3) is 0.467. The summed E-state index contributed by atoms with van der Waals surface area (Å²) < 4.78 is 2.29. The van der Waals surface area contributed by atoms with Crippen molar-refractivity contribution in [2.24, 2.45) is 5.92 Å². The molecule has 0 radical (unpaired) electrons. The molecule has 0 saturated heterocycles. The normalized spacial score (nSPS) is 13.1. The van der Waals surface area contributed by atoms with E-state index in [0.717, 1.165) is 13.0 Å². The molecule has 1 N–H and O–H groups in total. The molecule has 1 atom stereocenters. The van der Waals surface area contributed by atoms with Crippen LogP contribution in [0.25, 0.3) is 0 Å². The summed E-state index contributed by atoms with van der Waals surface area (Å²) in [6.07, 6.45) is 5.57. The van der Waals surface area contributed by atoms with Gasteiger partial charge in [0, 0.05) is 25.0 Å². The van der Waals surface area contributed by atoms with E-state index >= 15 is 0 Å². The van der Waals surface area contributed by atoms with Gasteiger partial charge in [0.15, 0.2) is 0 Å². The van der Waals surface area contributed by atoms with E-state index in [4.69, 9.17) is 0 Å². The van der Waals surface area contributed by atoms with Crippen molar-refractivity contribution in [1.29, 1.82) is 0 Å². The lowest BCUT2D eigenvalue weighted by molar-refractivity contribution is 0.442. The van der Waals surface area contributed by atoms with Crippen LogP contribution in [-0.4, -0.2) is 11.6 Å². The molecule has 2 aromatic heterocycles. The van der Waals surface area contributed by atoms with Gasteiger partial charge in [-0.25, -0.2) is 0 Å². The van der Waals surface area contributed by atoms with Gasteiger partial charge in [0.05, 0.1) is 0 Å². The first kappa shape index (κ1) is 13.4. The summed E-state index contributed by atoms with van der Waals surface area (Å²) in [4.78, 5) is 0. The SMILES string of the molecule is CNC(c1ccn(CCc2ccsc2)c1)C(C)C. The zero-order valence-electron chi connectivity index (χ0n) is 11.4. The highest BCUT2D eigenvalue weighted by Crippen LogP contribution is 2.21. The fourth-order valence-corrected chi connectivity index (χ4v) is 3.06. The number of nitrogens with zero attached hydrogens (tertiary/aromatic N) is 1. The summed E-state index contributed by atoms with van der Waals surface area (Å²) in [6, 6.07) is 4.89. The van der Waals surface area contributed by atoms with Gasteiger partial charge in [-0.15, -0.1) is 0 Å². The van der Waals surface area contributed by atoms with Gasteiger partial charge in [0.1, 0.15) is 0 Å².